The molecular weight excluding hydrogens is 194 g/mol. The first-order valence-electron chi connectivity index (χ1n) is 4.66. The average molecular weight is 207 g/mol. The zero-order chi connectivity index (χ0) is 10.8. The van der Waals surface area contributed by atoms with Crippen molar-refractivity contribution >= 4 is 5.82 Å². The second kappa shape index (κ2) is 3.74. The number of aliphatic hydroxyl groups excluding tert-OH is 1. The van der Waals surface area contributed by atoms with Crippen LogP contribution >= 0.6 is 0 Å². The molecule has 2 heterocycles. The molecule has 6 heteroatoms. The maximum atomic E-state index is 8.74. The molecule has 0 unspecified atom stereocenters. The first-order chi connectivity index (χ1) is 7.20. The van der Waals surface area contributed by atoms with Crippen molar-refractivity contribution in [1.29, 1.82) is 0 Å². The molecule has 2 aromatic heterocycles. The smallest absolute Gasteiger partial charge is 0.148 e. The van der Waals surface area contributed by atoms with Gasteiger partial charge < -0.3 is 10.8 Å². The number of anilines is 1. The zero-order valence-corrected chi connectivity index (χ0v) is 8.46. The fraction of sp³-hybridized carbons (Fsp3) is 0.333. The number of aromatic nitrogens is 4. The summed E-state index contributed by atoms with van der Waals surface area (Å²) in [7, 11) is 0. The number of nitrogen functional groups attached to an aromatic ring is 1. The molecule has 0 aliphatic heterocycles. The number of rotatable bonds is 3. The van der Waals surface area contributed by atoms with Crippen LogP contribution in [0.5, 0.6) is 0 Å². The van der Waals surface area contributed by atoms with Gasteiger partial charge in [-0.15, -0.1) is 0 Å². The third-order valence-electron chi connectivity index (χ3n) is 2.15. The molecule has 80 valence electrons. The molecule has 0 aromatic carbocycles. The van der Waals surface area contributed by atoms with Crippen LogP contribution in [0.15, 0.2) is 18.6 Å². The minimum absolute atomic E-state index is 0.0708. The summed E-state index contributed by atoms with van der Waals surface area (Å²) in [5.41, 5.74) is 7.42. The van der Waals surface area contributed by atoms with Gasteiger partial charge in [-0.1, -0.05) is 0 Å². The molecule has 0 fully saturated rings. The highest BCUT2D eigenvalue weighted by atomic mass is 16.3. The molecule has 3 N–H and O–H groups in total. The summed E-state index contributed by atoms with van der Waals surface area (Å²) in [5.74, 6) is 0.518. The fourth-order valence-corrected chi connectivity index (χ4v) is 1.30. The van der Waals surface area contributed by atoms with Crippen LogP contribution in [0.2, 0.25) is 0 Å². The first-order valence-corrected chi connectivity index (χ1v) is 4.66. The van der Waals surface area contributed by atoms with Crippen molar-refractivity contribution in [2.45, 2.75) is 13.5 Å². The van der Waals surface area contributed by atoms with Crippen molar-refractivity contribution in [3.8, 4) is 5.69 Å². The van der Waals surface area contributed by atoms with E-state index in [0.717, 1.165) is 11.3 Å². The van der Waals surface area contributed by atoms with Crippen molar-refractivity contribution in [2.24, 2.45) is 0 Å². The molecule has 0 aliphatic rings. The summed E-state index contributed by atoms with van der Waals surface area (Å²) in [5, 5.41) is 17.0. The van der Waals surface area contributed by atoms with E-state index in [-0.39, 0.29) is 6.61 Å². The maximum Gasteiger partial charge on any atom is 0.148 e. The Labute approximate surface area is 86.9 Å². The Kier molecular flexibility index (Phi) is 2.42. The van der Waals surface area contributed by atoms with Gasteiger partial charge in [0.2, 0.25) is 0 Å². The number of nitrogens with two attached hydrogens (primary N) is 1. The van der Waals surface area contributed by atoms with Gasteiger partial charge in [0.15, 0.2) is 0 Å². The summed E-state index contributed by atoms with van der Waals surface area (Å²) in [6, 6.07) is 0. The van der Waals surface area contributed by atoms with E-state index in [1.807, 2.05) is 19.3 Å². The van der Waals surface area contributed by atoms with E-state index in [1.165, 1.54) is 0 Å². The molecule has 0 amide bonds. The van der Waals surface area contributed by atoms with Crippen LogP contribution in [-0.2, 0) is 6.54 Å². The van der Waals surface area contributed by atoms with E-state index in [4.69, 9.17) is 10.8 Å². The Morgan fingerprint density at radius 3 is 2.87 bits per heavy atom. The van der Waals surface area contributed by atoms with Gasteiger partial charge in [0, 0.05) is 11.8 Å². The molecule has 6 nitrogen and oxygen atoms in total. The standard InChI is InChI=1S/C9H13N5O/c1-7-5-14(12-9(7)10)8-4-11-13(6-8)2-3-15/h4-6,15H,2-3H2,1H3,(H2,10,12). The van der Waals surface area contributed by atoms with Gasteiger partial charge in [0.1, 0.15) is 11.5 Å². The van der Waals surface area contributed by atoms with E-state index < -0.39 is 0 Å². The molecular formula is C9H13N5O. The SMILES string of the molecule is Cc1cn(-c2cnn(CCO)c2)nc1N. The van der Waals surface area contributed by atoms with Crippen LogP contribution in [0.3, 0.4) is 0 Å². The van der Waals surface area contributed by atoms with Crippen LogP contribution in [-0.4, -0.2) is 31.3 Å². The maximum absolute atomic E-state index is 8.74. The third-order valence-corrected chi connectivity index (χ3v) is 2.15. The van der Waals surface area contributed by atoms with Gasteiger partial charge in [-0.05, 0) is 6.92 Å². The number of hydrogen-bond donors (Lipinski definition) is 2. The Morgan fingerprint density at radius 2 is 2.27 bits per heavy atom. The number of hydrogen-bond acceptors (Lipinski definition) is 4. The number of aryl methyl sites for hydroxylation is 1. The molecule has 0 saturated heterocycles. The van der Waals surface area contributed by atoms with Crippen LogP contribution in [0, 0.1) is 6.92 Å². The Morgan fingerprint density at radius 1 is 1.47 bits per heavy atom. The average Bonchev–Trinajstić information content (AvgIpc) is 2.76. The molecule has 0 saturated carbocycles. The van der Waals surface area contributed by atoms with Crippen molar-refractivity contribution in [3.63, 3.8) is 0 Å². The largest absolute Gasteiger partial charge is 0.394 e. The van der Waals surface area contributed by atoms with Crippen LogP contribution < -0.4 is 5.73 Å². The Hall–Kier alpha value is -1.82. The van der Waals surface area contributed by atoms with E-state index >= 15 is 0 Å². The van der Waals surface area contributed by atoms with E-state index in [0.29, 0.717) is 12.4 Å². The van der Waals surface area contributed by atoms with E-state index in [1.54, 1.807) is 15.6 Å². The van der Waals surface area contributed by atoms with Crippen molar-refractivity contribution < 1.29 is 5.11 Å². The third kappa shape index (κ3) is 1.84. The minimum Gasteiger partial charge on any atom is -0.394 e. The van der Waals surface area contributed by atoms with E-state index in [2.05, 4.69) is 10.2 Å². The van der Waals surface area contributed by atoms with E-state index in [9.17, 15) is 0 Å². The molecule has 0 spiro atoms. The second-order valence-corrected chi connectivity index (χ2v) is 3.33. The van der Waals surface area contributed by atoms with Crippen molar-refractivity contribution in [2.75, 3.05) is 12.3 Å². The second-order valence-electron chi connectivity index (χ2n) is 3.33. The predicted octanol–water partition coefficient (Wildman–Crippen LogP) is -0.0483. The minimum atomic E-state index is 0.0708. The van der Waals surface area contributed by atoms with Gasteiger partial charge in [-0.3, -0.25) is 4.68 Å². The van der Waals surface area contributed by atoms with Crippen LogP contribution in [0.4, 0.5) is 5.82 Å². The number of aliphatic hydroxyl groups is 1. The molecule has 15 heavy (non-hydrogen) atoms. The summed E-state index contributed by atoms with van der Waals surface area (Å²) >= 11 is 0. The fourth-order valence-electron chi connectivity index (χ4n) is 1.30. The zero-order valence-electron chi connectivity index (χ0n) is 8.46. The van der Waals surface area contributed by atoms with Gasteiger partial charge >= 0.3 is 0 Å². The highest BCUT2D eigenvalue weighted by molar-refractivity contribution is 5.39. The molecule has 0 radical (unpaired) electrons. The Bertz CT molecular complexity index is 439. The van der Waals surface area contributed by atoms with Gasteiger partial charge in [-0.25, -0.2) is 4.68 Å². The predicted molar refractivity (Wildman–Crippen MR) is 55.6 cm³/mol. The highest BCUT2D eigenvalue weighted by Gasteiger charge is 2.04. The first kappa shape index (κ1) is 9.72. The van der Waals surface area contributed by atoms with Gasteiger partial charge in [-0.2, -0.15) is 10.2 Å². The van der Waals surface area contributed by atoms with Crippen molar-refractivity contribution in [1.82, 2.24) is 19.6 Å². The van der Waals surface area contributed by atoms with Crippen LogP contribution in [0.25, 0.3) is 5.69 Å². The number of nitrogens with zero attached hydrogens (tertiary/aromatic N) is 4. The lowest BCUT2D eigenvalue weighted by Crippen LogP contribution is -2.01. The molecule has 0 atom stereocenters. The normalized spacial score (nSPS) is 10.8. The van der Waals surface area contributed by atoms with Crippen LogP contribution in [0.1, 0.15) is 5.56 Å². The summed E-state index contributed by atoms with van der Waals surface area (Å²) in [6.07, 6.45) is 5.33. The lowest BCUT2D eigenvalue weighted by molar-refractivity contribution is 0.269. The quantitative estimate of drug-likeness (QED) is 0.739. The van der Waals surface area contributed by atoms with Gasteiger partial charge in [0.25, 0.3) is 0 Å². The lowest BCUT2D eigenvalue weighted by Gasteiger charge is -1.95. The summed E-state index contributed by atoms with van der Waals surface area (Å²) in [4.78, 5) is 0. The summed E-state index contributed by atoms with van der Waals surface area (Å²) in [6.45, 7) is 2.45. The lowest BCUT2D eigenvalue weighted by atomic mass is 10.4. The topological polar surface area (TPSA) is 81.9 Å². The molecule has 2 rings (SSSR count). The molecule has 0 bridgehead atoms. The highest BCUT2D eigenvalue weighted by Crippen LogP contribution is 2.11. The monoisotopic (exact) mass is 207 g/mol. The van der Waals surface area contributed by atoms with Crippen molar-refractivity contribution in [3.05, 3.63) is 24.2 Å². The Balaban J connectivity index is 2.28. The molecule has 0 aliphatic carbocycles. The summed E-state index contributed by atoms with van der Waals surface area (Å²) < 4.78 is 3.33. The molecule has 2 aromatic rings. The van der Waals surface area contributed by atoms with Gasteiger partial charge in [0.05, 0.1) is 25.5 Å².